The highest BCUT2D eigenvalue weighted by Crippen LogP contribution is 2.54. The summed E-state index contributed by atoms with van der Waals surface area (Å²) in [5.41, 5.74) is 1.39. The van der Waals surface area contributed by atoms with Crippen LogP contribution in [0.4, 0.5) is 0 Å². The van der Waals surface area contributed by atoms with E-state index in [-0.39, 0.29) is 5.91 Å². The molecule has 2 aliphatic rings. The summed E-state index contributed by atoms with van der Waals surface area (Å²) in [6.07, 6.45) is 9.79. The Kier molecular flexibility index (Phi) is 4.81. The Balaban J connectivity index is 1.36. The Morgan fingerprint density at radius 1 is 1.16 bits per heavy atom. The number of aromatic nitrogens is 3. The molecule has 4 atom stereocenters. The number of hydrogen-bond acceptors (Lipinski definition) is 3. The lowest BCUT2D eigenvalue weighted by molar-refractivity contribution is -0.125. The van der Waals surface area contributed by atoms with Crippen molar-refractivity contribution in [3.05, 3.63) is 48.5 Å². The Labute approximate surface area is 148 Å². The summed E-state index contributed by atoms with van der Waals surface area (Å²) in [6, 6.07) is 11.0. The monoisotopic (exact) mass is 338 g/mol. The second-order valence-corrected chi connectivity index (χ2v) is 7.40. The highest BCUT2D eigenvalue weighted by Gasteiger charge is 2.51. The lowest BCUT2D eigenvalue weighted by atomic mass is 9.53. The van der Waals surface area contributed by atoms with Crippen molar-refractivity contribution in [3.63, 3.8) is 0 Å². The molecule has 2 saturated carbocycles. The average Bonchev–Trinajstić information content (AvgIpc) is 3.14. The van der Waals surface area contributed by atoms with Crippen LogP contribution in [0.25, 0.3) is 0 Å². The van der Waals surface area contributed by atoms with Crippen molar-refractivity contribution in [1.29, 1.82) is 0 Å². The van der Waals surface area contributed by atoms with Gasteiger partial charge >= 0.3 is 0 Å². The molecule has 0 spiro atoms. The Morgan fingerprint density at radius 2 is 1.96 bits per heavy atom. The maximum absolute atomic E-state index is 12.5. The first kappa shape index (κ1) is 16.3. The summed E-state index contributed by atoms with van der Waals surface area (Å²) in [7, 11) is 0. The highest BCUT2D eigenvalue weighted by atomic mass is 16.1. The summed E-state index contributed by atoms with van der Waals surface area (Å²) < 4.78 is 1.78. The SMILES string of the molecule is O=C(CCCn1cncn1)N[C@H]1C2CCCCC2[C@@H]1c1ccccc1. The molecule has 2 fully saturated rings. The van der Waals surface area contributed by atoms with E-state index >= 15 is 0 Å². The van der Waals surface area contributed by atoms with Crippen molar-refractivity contribution in [2.24, 2.45) is 11.8 Å². The van der Waals surface area contributed by atoms with Gasteiger partial charge in [-0.25, -0.2) is 4.98 Å². The molecule has 2 unspecified atom stereocenters. The van der Waals surface area contributed by atoms with Crippen LogP contribution in [0.15, 0.2) is 43.0 Å². The van der Waals surface area contributed by atoms with Gasteiger partial charge in [-0.3, -0.25) is 9.48 Å². The number of fused-ring (bicyclic) bond motifs is 1. The van der Waals surface area contributed by atoms with Gasteiger partial charge in [-0.1, -0.05) is 43.2 Å². The van der Waals surface area contributed by atoms with Gasteiger partial charge in [-0.2, -0.15) is 5.10 Å². The molecule has 132 valence electrons. The van der Waals surface area contributed by atoms with Crippen LogP contribution in [0.2, 0.25) is 0 Å². The molecule has 4 rings (SSSR count). The zero-order chi connectivity index (χ0) is 17.1. The molecule has 0 bridgehead atoms. The second kappa shape index (κ2) is 7.38. The number of nitrogens with one attached hydrogen (secondary N) is 1. The number of nitrogens with zero attached hydrogens (tertiary/aromatic N) is 3. The minimum absolute atomic E-state index is 0.176. The highest BCUT2D eigenvalue weighted by molar-refractivity contribution is 5.76. The third-order valence-corrected chi connectivity index (χ3v) is 5.95. The van der Waals surface area contributed by atoms with Crippen LogP contribution in [0.1, 0.15) is 50.0 Å². The topological polar surface area (TPSA) is 59.8 Å². The molecule has 0 aliphatic heterocycles. The number of aryl methyl sites for hydroxylation is 1. The van der Waals surface area contributed by atoms with E-state index in [0.717, 1.165) is 18.9 Å². The first-order valence-electron chi connectivity index (χ1n) is 9.49. The zero-order valence-electron chi connectivity index (χ0n) is 14.6. The summed E-state index contributed by atoms with van der Waals surface area (Å²) in [6.45, 7) is 0.742. The van der Waals surface area contributed by atoms with Crippen LogP contribution in [0, 0.1) is 11.8 Å². The van der Waals surface area contributed by atoms with E-state index in [9.17, 15) is 4.79 Å². The van der Waals surface area contributed by atoms with Crippen molar-refractivity contribution in [1.82, 2.24) is 20.1 Å². The summed E-state index contributed by atoms with van der Waals surface area (Å²) >= 11 is 0. The standard InChI is InChI=1S/C20H26N4O/c25-18(11-6-12-24-14-21-13-22-24)23-20-17-10-5-4-9-16(17)19(20)15-7-2-1-3-8-15/h1-3,7-8,13-14,16-17,19-20H,4-6,9-12H2,(H,23,25)/t16?,17?,19-,20-/m0/s1. The van der Waals surface area contributed by atoms with Gasteiger partial charge < -0.3 is 5.32 Å². The average molecular weight is 338 g/mol. The van der Waals surface area contributed by atoms with Gasteiger partial charge in [0.2, 0.25) is 5.91 Å². The van der Waals surface area contributed by atoms with Crippen LogP contribution in [0.3, 0.4) is 0 Å². The normalized spacial score (nSPS) is 28.0. The van der Waals surface area contributed by atoms with E-state index in [2.05, 4.69) is 45.7 Å². The predicted octanol–water partition coefficient (Wildman–Crippen LogP) is 3.15. The zero-order valence-corrected chi connectivity index (χ0v) is 14.6. The molecular formula is C20H26N4O. The molecule has 1 amide bonds. The number of benzene rings is 1. The van der Waals surface area contributed by atoms with Crippen LogP contribution in [-0.2, 0) is 11.3 Å². The molecule has 5 nitrogen and oxygen atoms in total. The fourth-order valence-electron chi connectivity index (χ4n) is 4.80. The van der Waals surface area contributed by atoms with Gasteiger partial charge in [-0.05, 0) is 36.7 Å². The fourth-order valence-corrected chi connectivity index (χ4v) is 4.80. The maximum atomic E-state index is 12.5. The van der Waals surface area contributed by atoms with E-state index in [1.54, 1.807) is 11.0 Å². The van der Waals surface area contributed by atoms with Gasteiger partial charge in [0, 0.05) is 24.9 Å². The van der Waals surface area contributed by atoms with Crippen LogP contribution < -0.4 is 5.32 Å². The van der Waals surface area contributed by atoms with Gasteiger partial charge in [0.1, 0.15) is 12.7 Å². The third kappa shape index (κ3) is 3.46. The molecule has 25 heavy (non-hydrogen) atoms. The first-order valence-corrected chi connectivity index (χ1v) is 9.49. The number of carbonyl (C=O) groups is 1. The van der Waals surface area contributed by atoms with Crippen molar-refractivity contribution in [2.45, 2.75) is 57.0 Å². The molecule has 1 N–H and O–H groups in total. The van der Waals surface area contributed by atoms with Crippen molar-refractivity contribution in [2.75, 3.05) is 0 Å². The number of hydrogen-bond donors (Lipinski definition) is 1. The molecule has 1 aromatic carbocycles. The van der Waals surface area contributed by atoms with E-state index in [0.29, 0.717) is 24.3 Å². The lowest BCUT2D eigenvalue weighted by Gasteiger charge is -2.55. The molecule has 1 heterocycles. The minimum Gasteiger partial charge on any atom is -0.352 e. The number of amides is 1. The number of carbonyl (C=O) groups excluding carboxylic acids is 1. The fraction of sp³-hybridized carbons (Fsp3) is 0.550. The molecule has 5 heteroatoms. The van der Waals surface area contributed by atoms with Gasteiger partial charge in [0.05, 0.1) is 0 Å². The van der Waals surface area contributed by atoms with Crippen molar-refractivity contribution >= 4 is 5.91 Å². The minimum atomic E-state index is 0.176. The molecular weight excluding hydrogens is 312 g/mol. The van der Waals surface area contributed by atoms with Gasteiger partial charge in [-0.15, -0.1) is 0 Å². The Bertz CT molecular complexity index is 685. The molecule has 2 aliphatic carbocycles. The second-order valence-electron chi connectivity index (χ2n) is 7.40. The van der Waals surface area contributed by atoms with Gasteiger partial charge in [0.25, 0.3) is 0 Å². The van der Waals surface area contributed by atoms with Crippen LogP contribution in [0.5, 0.6) is 0 Å². The van der Waals surface area contributed by atoms with Crippen LogP contribution >= 0.6 is 0 Å². The summed E-state index contributed by atoms with van der Waals surface area (Å²) in [5.74, 6) is 2.08. The summed E-state index contributed by atoms with van der Waals surface area (Å²) in [4.78, 5) is 16.4. The Morgan fingerprint density at radius 3 is 2.72 bits per heavy atom. The first-order chi connectivity index (χ1) is 12.3. The van der Waals surface area contributed by atoms with E-state index in [4.69, 9.17) is 0 Å². The number of rotatable bonds is 6. The third-order valence-electron chi connectivity index (χ3n) is 5.95. The lowest BCUT2D eigenvalue weighted by Crippen LogP contribution is -2.59. The smallest absolute Gasteiger partial charge is 0.220 e. The van der Waals surface area contributed by atoms with Crippen LogP contribution in [-0.4, -0.2) is 26.7 Å². The van der Waals surface area contributed by atoms with Gasteiger partial charge in [0.15, 0.2) is 0 Å². The quantitative estimate of drug-likeness (QED) is 0.880. The summed E-state index contributed by atoms with van der Waals surface area (Å²) in [5, 5.41) is 7.44. The van der Waals surface area contributed by atoms with E-state index < -0.39 is 0 Å². The molecule has 1 aromatic heterocycles. The molecule has 2 aromatic rings. The largest absolute Gasteiger partial charge is 0.352 e. The maximum Gasteiger partial charge on any atom is 0.220 e. The molecule has 0 radical (unpaired) electrons. The van der Waals surface area contributed by atoms with Crippen molar-refractivity contribution < 1.29 is 4.79 Å². The molecule has 0 saturated heterocycles. The predicted molar refractivity (Wildman–Crippen MR) is 95.8 cm³/mol. The van der Waals surface area contributed by atoms with E-state index in [1.807, 2.05) is 0 Å². The Hall–Kier alpha value is -2.17. The van der Waals surface area contributed by atoms with E-state index in [1.165, 1.54) is 37.6 Å². The van der Waals surface area contributed by atoms with Crippen molar-refractivity contribution in [3.8, 4) is 0 Å².